The van der Waals surface area contributed by atoms with Gasteiger partial charge in [0.25, 0.3) is 5.91 Å². The van der Waals surface area contributed by atoms with Crippen LogP contribution >= 0.6 is 22.9 Å². The molecule has 6 nitrogen and oxygen atoms in total. The number of aryl methyl sites for hydroxylation is 1. The summed E-state index contributed by atoms with van der Waals surface area (Å²) in [6, 6.07) is 12.8. The molecule has 0 aliphatic carbocycles. The first kappa shape index (κ1) is 17.6. The summed E-state index contributed by atoms with van der Waals surface area (Å²) in [5.74, 6) is 0.482. The van der Waals surface area contributed by atoms with E-state index in [0.717, 1.165) is 16.2 Å². The van der Waals surface area contributed by atoms with Crippen LogP contribution in [-0.4, -0.2) is 25.5 Å². The van der Waals surface area contributed by atoms with E-state index in [1.54, 1.807) is 0 Å². The number of nitrogens with one attached hydrogen (secondary N) is 1. The van der Waals surface area contributed by atoms with Gasteiger partial charge in [-0.25, -0.2) is 4.98 Å². The third-order valence-electron chi connectivity index (χ3n) is 4.18. The number of carbonyl (C=O) groups is 1. The molecule has 4 aromatic rings. The Kier molecular flexibility index (Phi) is 4.63. The average Bonchev–Trinajstić information content (AvgIpc) is 3.25. The fourth-order valence-electron chi connectivity index (χ4n) is 2.84. The Hall–Kier alpha value is -2.77. The fourth-order valence-corrected chi connectivity index (χ4v) is 4.13. The van der Waals surface area contributed by atoms with E-state index in [4.69, 9.17) is 11.6 Å². The van der Waals surface area contributed by atoms with E-state index in [-0.39, 0.29) is 11.9 Å². The number of carbonyl (C=O) groups excluding carboxylic acids is 1. The summed E-state index contributed by atoms with van der Waals surface area (Å²) in [6.45, 7) is 3.70. The molecule has 0 saturated carbocycles. The number of amides is 1. The van der Waals surface area contributed by atoms with Crippen LogP contribution in [0.2, 0.25) is 5.02 Å². The third kappa shape index (κ3) is 3.31. The van der Waals surface area contributed by atoms with Crippen LogP contribution in [0.4, 0.5) is 0 Å². The molecule has 1 atom stereocenters. The SMILES string of the molecule is Cc1nc(-c2ccccc2Cl)sc1C(=O)N[C@H](C)c1nnc2ccccn12. The third-order valence-corrected chi connectivity index (χ3v) is 5.70. The Bertz CT molecular complexity index is 1140. The predicted molar refractivity (Wildman–Crippen MR) is 106 cm³/mol. The highest BCUT2D eigenvalue weighted by Gasteiger charge is 2.21. The molecule has 3 aromatic heterocycles. The van der Waals surface area contributed by atoms with E-state index in [1.807, 2.05) is 66.9 Å². The number of hydrogen-bond acceptors (Lipinski definition) is 5. The van der Waals surface area contributed by atoms with Gasteiger partial charge < -0.3 is 5.32 Å². The van der Waals surface area contributed by atoms with Gasteiger partial charge in [0.1, 0.15) is 9.88 Å². The molecule has 0 spiro atoms. The monoisotopic (exact) mass is 397 g/mol. The van der Waals surface area contributed by atoms with E-state index in [1.165, 1.54) is 11.3 Å². The number of benzene rings is 1. The lowest BCUT2D eigenvalue weighted by molar-refractivity contribution is 0.0941. The highest BCUT2D eigenvalue weighted by Crippen LogP contribution is 2.32. The zero-order chi connectivity index (χ0) is 19.0. The largest absolute Gasteiger partial charge is 0.342 e. The molecule has 1 aromatic carbocycles. The minimum absolute atomic E-state index is 0.191. The predicted octanol–water partition coefficient (Wildman–Crippen LogP) is 4.31. The van der Waals surface area contributed by atoms with Crippen LogP contribution in [0.15, 0.2) is 48.7 Å². The zero-order valence-corrected chi connectivity index (χ0v) is 16.3. The summed E-state index contributed by atoms with van der Waals surface area (Å²) < 4.78 is 1.86. The second kappa shape index (κ2) is 7.09. The highest BCUT2D eigenvalue weighted by atomic mass is 35.5. The number of pyridine rings is 1. The van der Waals surface area contributed by atoms with Crippen LogP contribution in [0.3, 0.4) is 0 Å². The Labute approximate surface area is 164 Å². The Morgan fingerprint density at radius 3 is 2.78 bits per heavy atom. The van der Waals surface area contributed by atoms with Gasteiger partial charge in [0.15, 0.2) is 11.5 Å². The molecule has 0 unspecified atom stereocenters. The first-order valence-electron chi connectivity index (χ1n) is 8.37. The Morgan fingerprint density at radius 2 is 1.96 bits per heavy atom. The van der Waals surface area contributed by atoms with Crippen molar-refractivity contribution < 1.29 is 4.79 Å². The number of aromatic nitrogens is 4. The number of hydrogen-bond donors (Lipinski definition) is 1. The van der Waals surface area contributed by atoms with Gasteiger partial charge >= 0.3 is 0 Å². The highest BCUT2D eigenvalue weighted by molar-refractivity contribution is 7.17. The quantitative estimate of drug-likeness (QED) is 0.557. The minimum atomic E-state index is -0.305. The van der Waals surface area contributed by atoms with Gasteiger partial charge in [0, 0.05) is 11.8 Å². The van der Waals surface area contributed by atoms with E-state index in [9.17, 15) is 4.79 Å². The smallest absolute Gasteiger partial charge is 0.263 e. The maximum absolute atomic E-state index is 12.8. The lowest BCUT2D eigenvalue weighted by Crippen LogP contribution is -2.27. The van der Waals surface area contributed by atoms with Crippen molar-refractivity contribution in [2.24, 2.45) is 0 Å². The van der Waals surface area contributed by atoms with Gasteiger partial charge in [0.2, 0.25) is 0 Å². The van der Waals surface area contributed by atoms with Crippen molar-refractivity contribution >= 4 is 34.5 Å². The molecule has 8 heteroatoms. The maximum atomic E-state index is 12.8. The lowest BCUT2D eigenvalue weighted by Gasteiger charge is -2.11. The van der Waals surface area contributed by atoms with Crippen LogP contribution in [-0.2, 0) is 0 Å². The van der Waals surface area contributed by atoms with E-state index in [0.29, 0.717) is 21.4 Å². The van der Waals surface area contributed by atoms with Gasteiger partial charge in [-0.2, -0.15) is 0 Å². The Morgan fingerprint density at radius 1 is 1.19 bits per heavy atom. The normalized spacial score (nSPS) is 12.3. The van der Waals surface area contributed by atoms with Crippen molar-refractivity contribution in [2.45, 2.75) is 19.9 Å². The molecular formula is C19H16ClN5OS. The molecule has 27 heavy (non-hydrogen) atoms. The van der Waals surface area contributed by atoms with Gasteiger partial charge in [0.05, 0.1) is 16.8 Å². The van der Waals surface area contributed by atoms with Gasteiger partial charge in [-0.3, -0.25) is 9.20 Å². The zero-order valence-electron chi connectivity index (χ0n) is 14.7. The molecule has 0 saturated heterocycles. The topological polar surface area (TPSA) is 72.2 Å². The van der Waals surface area contributed by atoms with Crippen LogP contribution < -0.4 is 5.32 Å². The van der Waals surface area contributed by atoms with Crippen molar-refractivity contribution in [1.29, 1.82) is 0 Å². The molecule has 0 aliphatic heterocycles. The summed E-state index contributed by atoms with van der Waals surface area (Å²) in [5, 5.41) is 12.6. The van der Waals surface area contributed by atoms with Crippen LogP contribution in [0, 0.1) is 6.92 Å². The Balaban J connectivity index is 1.59. The molecule has 0 bridgehead atoms. The first-order valence-corrected chi connectivity index (χ1v) is 9.57. The summed E-state index contributed by atoms with van der Waals surface area (Å²) in [5.41, 5.74) is 2.23. The lowest BCUT2D eigenvalue weighted by atomic mass is 10.2. The van der Waals surface area contributed by atoms with Gasteiger partial charge in [-0.15, -0.1) is 21.5 Å². The van der Waals surface area contributed by atoms with Crippen LogP contribution in [0.1, 0.15) is 34.2 Å². The molecule has 1 amide bonds. The standard InChI is InChI=1S/C19H16ClN5OS/c1-11-16(27-19(22-11)13-7-3-4-8-14(13)20)18(26)21-12(2)17-24-23-15-9-5-6-10-25(15)17/h3-10,12H,1-2H3,(H,21,26)/t12-/m1/s1. The number of thiazole rings is 1. The summed E-state index contributed by atoms with van der Waals surface area (Å²) in [7, 11) is 0. The van der Waals surface area contributed by atoms with Crippen LogP contribution in [0.5, 0.6) is 0 Å². The summed E-state index contributed by atoms with van der Waals surface area (Å²) in [4.78, 5) is 17.9. The molecule has 0 fully saturated rings. The van der Waals surface area contributed by atoms with E-state index in [2.05, 4.69) is 20.5 Å². The van der Waals surface area contributed by atoms with Gasteiger partial charge in [-0.05, 0) is 32.0 Å². The number of nitrogens with zero attached hydrogens (tertiary/aromatic N) is 4. The van der Waals surface area contributed by atoms with Crippen molar-refractivity contribution in [2.75, 3.05) is 0 Å². The van der Waals surface area contributed by atoms with Crippen molar-refractivity contribution in [1.82, 2.24) is 24.9 Å². The average molecular weight is 398 g/mol. The molecule has 4 rings (SSSR count). The van der Waals surface area contributed by atoms with Crippen molar-refractivity contribution in [3.05, 3.63) is 70.1 Å². The molecule has 0 aliphatic rings. The summed E-state index contributed by atoms with van der Waals surface area (Å²) >= 11 is 7.58. The second-order valence-electron chi connectivity index (χ2n) is 6.10. The first-order chi connectivity index (χ1) is 13.0. The van der Waals surface area contributed by atoms with Crippen LogP contribution in [0.25, 0.3) is 16.2 Å². The van der Waals surface area contributed by atoms with Crippen molar-refractivity contribution in [3.63, 3.8) is 0 Å². The number of fused-ring (bicyclic) bond motifs is 1. The molecule has 136 valence electrons. The fraction of sp³-hybridized carbons (Fsp3) is 0.158. The second-order valence-corrected chi connectivity index (χ2v) is 7.50. The number of rotatable bonds is 4. The molecule has 0 radical (unpaired) electrons. The molecular weight excluding hydrogens is 382 g/mol. The maximum Gasteiger partial charge on any atom is 0.263 e. The number of halogens is 1. The van der Waals surface area contributed by atoms with E-state index >= 15 is 0 Å². The minimum Gasteiger partial charge on any atom is -0.342 e. The summed E-state index contributed by atoms with van der Waals surface area (Å²) in [6.07, 6.45) is 1.88. The van der Waals surface area contributed by atoms with E-state index < -0.39 is 0 Å². The van der Waals surface area contributed by atoms with Crippen molar-refractivity contribution in [3.8, 4) is 10.6 Å². The van der Waals surface area contributed by atoms with Gasteiger partial charge in [-0.1, -0.05) is 35.9 Å². The molecule has 1 N–H and O–H groups in total. The molecule has 3 heterocycles.